The first-order valence-electron chi connectivity index (χ1n) is 7.03. The van der Waals surface area contributed by atoms with E-state index >= 15 is 0 Å². The molecular formula is C14H24N4O. The van der Waals surface area contributed by atoms with Crippen LogP contribution in [0.1, 0.15) is 32.6 Å². The Balaban J connectivity index is 1.92. The van der Waals surface area contributed by atoms with Crippen LogP contribution < -0.4 is 10.1 Å². The average Bonchev–Trinajstić information content (AvgIpc) is 2.35. The maximum Gasteiger partial charge on any atom is 0.226 e. The highest BCUT2D eigenvalue weighted by Gasteiger charge is 2.38. The molecule has 0 unspecified atom stereocenters. The first-order valence-corrected chi connectivity index (χ1v) is 7.03. The van der Waals surface area contributed by atoms with E-state index in [-0.39, 0.29) is 5.54 Å². The van der Waals surface area contributed by atoms with Gasteiger partial charge in [-0.2, -0.15) is 4.98 Å². The van der Waals surface area contributed by atoms with Crippen molar-refractivity contribution in [3.8, 4) is 5.88 Å². The van der Waals surface area contributed by atoms with Crippen LogP contribution in [0.2, 0.25) is 0 Å². The zero-order valence-corrected chi connectivity index (χ0v) is 12.1. The first kappa shape index (κ1) is 14.1. The second kappa shape index (κ2) is 6.19. The van der Waals surface area contributed by atoms with E-state index in [0.717, 1.165) is 13.0 Å². The zero-order valence-electron chi connectivity index (χ0n) is 12.1. The topological polar surface area (TPSA) is 50.3 Å². The molecule has 1 fully saturated rings. The molecule has 19 heavy (non-hydrogen) atoms. The SMILES string of the molecule is CCCOc1ccnc(NCC2(N(C)C)CCC2)n1. The Kier molecular flexibility index (Phi) is 4.58. The summed E-state index contributed by atoms with van der Waals surface area (Å²) in [5.41, 5.74) is 0.268. The smallest absolute Gasteiger partial charge is 0.226 e. The fourth-order valence-electron chi connectivity index (χ4n) is 2.32. The molecule has 1 aromatic rings. The predicted molar refractivity (Wildman–Crippen MR) is 76.6 cm³/mol. The van der Waals surface area contributed by atoms with Crippen molar-refractivity contribution in [3.05, 3.63) is 12.3 Å². The highest BCUT2D eigenvalue weighted by Crippen LogP contribution is 2.36. The van der Waals surface area contributed by atoms with Crippen LogP contribution in [-0.4, -0.2) is 47.7 Å². The van der Waals surface area contributed by atoms with E-state index < -0.39 is 0 Å². The third kappa shape index (κ3) is 3.35. The van der Waals surface area contributed by atoms with Crippen LogP contribution in [-0.2, 0) is 0 Å². The molecule has 0 atom stereocenters. The van der Waals surface area contributed by atoms with Gasteiger partial charge < -0.3 is 15.0 Å². The molecule has 5 nitrogen and oxygen atoms in total. The van der Waals surface area contributed by atoms with Gasteiger partial charge in [-0.1, -0.05) is 6.92 Å². The van der Waals surface area contributed by atoms with Gasteiger partial charge in [-0.3, -0.25) is 0 Å². The Bertz CT molecular complexity index is 404. The highest BCUT2D eigenvalue weighted by atomic mass is 16.5. The zero-order chi connectivity index (χ0) is 13.7. The average molecular weight is 264 g/mol. The number of anilines is 1. The lowest BCUT2D eigenvalue weighted by atomic mass is 9.75. The summed E-state index contributed by atoms with van der Waals surface area (Å²) in [7, 11) is 4.28. The van der Waals surface area contributed by atoms with Gasteiger partial charge in [0.25, 0.3) is 0 Å². The predicted octanol–water partition coefficient (Wildman–Crippen LogP) is 2.16. The van der Waals surface area contributed by atoms with Crippen molar-refractivity contribution in [3.63, 3.8) is 0 Å². The summed E-state index contributed by atoms with van der Waals surface area (Å²) in [5, 5.41) is 3.34. The molecule has 1 aromatic heterocycles. The van der Waals surface area contributed by atoms with Gasteiger partial charge >= 0.3 is 0 Å². The van der Waals surface area contributed by atoms with Crippen molar-refractivity contribution in [2.45, 2.75) is 38.1 Å². The largest absolute Gasteiger partial charge is 0.478 e. The summed E-state index contributed by atoms with van der Waals surface area (Å²) in [4.78, 5) is 10.9. The Morgan fingerprint density at radius 3 is 2.79 bits per heavy atom. The molecule has 1 aliphatic rings. The molecule has 0 spiro atoms. The number of nitrogens with one attached hydrogen (secondary N) is 1. The van der Waals surface area contributed by atoms with Crippen LogP contribution in [0.25, 0.3) is 0 Å². The minimum absolute atomic E-state index is 0.268. The van der Waals surface area contributed by atoms with Crippen molar-refractivity contribution >= 4 is 5.95 Å². The van der Waals surface area contributed by atoms with Gasteiger partial charge in [0.15, 0.2) is 0 Å². The van der Waals surface area contributed by atoms with E-state index in [1.807, 2.05) is 0 Å². The molecule has 1 N–H and O–H groups in total. The second-order valence-electron chi connectivity index (χ2n) is 5.39. The Labute approximate surface area is 115 Å². The second-order valence-corrected chi connectivity index (χ2v) is 5.39. The molecule has 1 saturated carbocycles. The fourth-order valence-corrected chi connectivity index (χ4v) is 2.32. The third-order valence-electron chi connectivity index (χ3n) is 3.89. The minimum Gasteiger partial charge on any atom is -0.478 e. The number of likely N-dealkylation sites (N-methyl/N-ethyl adjacent to an activating group) is 1. The van der Waals surface area contributed by atoms with E-state index in [0.29, 0.717) is 18.4 Å². The molecule has 0 saturated heterocycles. The van der Waals surface area contributed by atoms with Crippen LogP contribution in [0.5, 0.6) is 5.88 Å². The molecule has 0 aliphatic heterocycles. The molecule has 106 valence electrons. The molecule has 2 rings (SSSR count). The Hall–Kier alpha value is -1.36. The summed E-state index contributed by atoms with van der Waals surface area (Å²) in [6, 6.07) is 1.80. The van der Waals surface area contributed by atoms with Gasteiger partial charge in [-0.25, -0.2) is 4.98 Å². The maximum atomic E-state index is 5.51. The van der Waals surface area contributed by atoms with Crippen molar-refractivity contribution in [1.82, 2.24) is 14.9 Å². The van der Waals surface area contributed by atoms with Crippen LogP contribution in [0.15, 0.2) is 12.3 Å². The number of hydrogen-bond donors (Lipinski definition) is 1. The quantitative estimate of drug-likeness (QED) is 0.818. The monoisotopic (exact) mass is 264 g/mol. The number of hydrogen-bond acceptors (Lipinski definition) is 5. The van der Waals surface area contributed by atoms with Gasteiger partial charge in [-0.15, -0.1) is 0 Å². The molecule has 5 heteroatoms. The maximum absolute atomic E-state index is 5.51. The molecule has 0 amide bonds. The van der Waals surface area contributed by atoms with Gasteiger partial charge in [0.05, 0.1) is 6.61 Å². The molecule has 0 bridgehead atoms. The number of rotatable bonds is 7. The van der Waals surface area contributed by atoms with E-state index in [1.165, 1.54) is 19.3 Å². The van der Waals surface area contributed by atoms with Crippen LogP contribution in [0.3, 0.4) is 0 Å². The van der Waals surface area contributed by atoms with E-state index in [1.54, 1.807) is 12.3 Å². The summed E-state index contributed by atoms with van der Waals surface area (Å²) >= 11 is 0. The van der Waals surface area contributed by atoms with Crippen LogP contribution in [0.4, 0.5) is 5.95 Å². The molecule has 1 heterocycles. The molecule has 0 radical (unpaired) electrons. The number of ether oxygens (including phenoxy) is 1. The lowest BCUT2D eigenvalue weighted by Crippen LogP contribution is -2.54. The summed E-state index contributed by atoms with van der Waals surface area (Å²) < 4.78 is 5.51. The van der Waals surface area contributed by atoms with Crippen LogP contribution >= 0.6 is 0 Å². The number of nitrogens with zero attached hydrogens (tertiary/aromatic N) is 3. The summed E-state index contributed by atoms with van der Waals surface area (Å²) in [5.74, 6) is 1.30. The lowest BCUT2D eigenvalue weighted by molar-refractivity contribution is 0.0737. The van der Waals surface area contributed by atoms with E-state index in [9.17, 15) is 0 Å². The van der Waals surface area contributed by atoms with E-state index in [4.69, 9.17) is 4.74 Å². The van der Waals surface area contributed by atoms with E-state index in [2.05, 4.69) is 41.2 Å². The third-order valence-corrected chi connectivity index (χ3v) is 3.89. The van der Waals surface area contributed by atoms with Gasteiger partial charge in [-0.05, 0) is 39.8 Å². The normalized spacial score (nSPS) is 17.1. The standard InChI is InChI=1S/C14H24N4O/c1-4-10-19-12-6-9-15-13(17-12)16-11-14(18(2)3)7-5-8-14/h6,9H,4-5,7-8,10-11H2,1-3H3,(H,15,16,17). The van der Waals surface area contributed by atoms with Gasteiger partial charge in [0, 0.05) is 24.3 Å². The van der Waals surface area contributed by atoms with Crippen LogP contribution in [0, 0.1) is 0 Å². The summed E-state index contributed by atoms with van der Waals surface area (Å²) in [6.45, 7) is 3.66. The Morgan fingerprint density at radius 2 is 2.21 bits per heavy atom. The minimum atomic E-state index is 0.268. The van der Waals surface area contributed by atoms with Gasteiger partial charge in [0.1, 0.15) is 0 Å². The Morgan fingerprint density at radius 1 is 1.42 bits per heavy atom. The number of aromatic nitrogens is 2. The van der Waals surface area contributed by atoms with Crippen molar-refractivity contribution in [2.75, 3.05) is 32.6 Å². The molecule has 0 aromatic carbocycles. The first-order chi connectivity index (χ1) is 9.16. The summed E-state index contributed by atoms with van der Waals surface area (Å²) in [6.07, 6.45) is 6.50. The van der Waals surface area contributed by atoms with Crippen molar-refractivity contribution in [1.29, 1.82) is 0 Å². The van der Waals surface area contributed by atoms with Gasteiger partial charge in [0.2, 0.25) is 11.8 Å². The highest BCUT2D eigenvalue weighted by molar-refractivity contribution is 5.28. The fraction of sp³-hybridized carbons (Fsp3) is 0.714. The molecular weight excluding hydrogens is 240 g/mol. The molecule has 1 aliphatic carbocycles. The lowest BCUT2D eigenvalue weighted by Gasteiger charge is -2.47. The van der Waals surface area contributed by atoms with Crippen molar-refractivity contribution in [2.24, 2.45) is 0 Å². The van der Waals surface area contributed by atoms with Crippen molar-refractivity contribution < 1.29 is 4.74 Å².